The molecule has 5 heteroatoms. The maximum atomic E-state index is 12.8. The van der Waals surface area contributed by atoms with Gasteiger partial charge in [0.2, 0.25) is 0 Å². The molecule has 2 rings (SSSR count). The molecule has 1 N–H and O–H groups in total. The van der Waals surface area contributed by atoms with E-state index in [9.17, 15) is 9.18 Å². The summed E-state index contributed by atoms with van der Waals surface area (Å²) in [4.78, 5) is 13.1. The largest absolute Gasteiger partial charge is 0.444 e. The minimum Gasteiger partial charge on any atom is -0.444 e. The van der Waals surface area contributed by atoms with Crippen LogP contribution in [0.15, 0.2) is 24.3 Å². The summed E-state index contributed by atoms with van der Waals surface area (Å²) in [6.45, 7) is 1.46. The van der Waals surface area contributed by atoms with Crippen molar-refractivity contribution < 1.29 is 13.9 Å². The summed E-state index contributed by atoms with van der Waals surface area (Å²) in [6, 6.07) is 6.33. The predicted molar refractivity (Wildman–Crippen MR) is 62.6 cm³/mol. The standard InChI is InChI=1S/C12H15FN2O2/c1-14-12(16)17-11-6-7-15(8-11)10-4-2-9(13)3-5-10/h2-5,11H,6-8H2,1H3,(H,14,16). The third-order valence-corrected chi connectivity index (χ3v) is 2.81. The Hall–Kier alpha value is -1.78. The van der Waals surface area contributed by atoms with E-state index in [-0.39, 0.29) is 11.9 Å². The zero-order valence-electron chi connectivity index (χ0n) is 9.65. The molecule has 1 aliphatic rings. The van der Waals surface area contributed by atoms with Crippen LogP contribution in [0.25, 0.3) is 0 Å². The van der Waals surface area contributed by atoms with E-state index < -0.39 is 6.09 Å². The number of anilines is 1. The number of nitrogens with one attached hydrogen (secondary N) is 1. The predicted octanol–water partition coefficient (Wildman–Crippen LogP) is 1.76. The fraction of sp³-hybridized carbons (Fsp3) is 0.417. The van der Waals surface area contributed by atoms with Gasteiger partial charge in [0.15, 0.2) is 0 Å². The summed E-state index contributed by atoms with van der Waals surface area (Å²) in [7, 11) is 1.54. The zero-order valence-corrected chi connectivity index (χ0v) is 9.65. The minimum absolute atomic E-state index is 0.0972. The van der Waals surface area contributed by atoms with E-state index in [1.807, 2.05) is 0 Å². The van der Waals surface area contributed by atoms with Gasteiger partial charge in [0.1, 0.15) is 11.9 Å². The first-order chi connectivity index (χ1) is 8.19. The minimum atomic E-state index is -0.407. The van der Waals surface area contributed by atoms with Crippen molar-refractivity contribution in [1.29, 1.82) is 0 Å². The molecule has 1 amide bonds. The Morgan fingerprint density at radius 3 is 2.82 bits per heavy atom. The average Bonchev–Trinajstić information content (AvgIpc) is 2.78. The highest BCUT2D eigenvalue weighted by Gasteiger charge is 2.25. The fourth-order valence-corrected chi connectivity index (χ4v) is 1.92. The van der Waals surface area contributed by atoms with Crippen molar-refractivity contribution >= 4 is 11.8 Å². The first-order valence-electron chi connectivity index (χ1n) is 5.58. The van der Waals surface area contributed by atoms with Crippen molar-refractivity contribution in [2.45, 2.75) is 12.5 Å². The monoisotopic (exact) mass is 238 g/mol. The van der Waals surface area contributed by atoms with Crippen LogP contribution in [0.1, 0.15) is 6.42 Å². The number of ether oxygens (including phenoxy) is 1. The summed E-state index contributed by atoms with van der Waals surface area (Å²) in [5.41, 5.74) is 0.953. The molecule has 1 fully saturated rings. The second-order valence-corrected chi connectivity index (χ2v) is 3.99. The Morgan fingerprint density at radius 1 is 1.47 bits per heavy atom. The van der Waals surface area contributed by atoms with Gasteiger partial charge in [-0.3, -0.25) is 0 Å². The molecule has 0 aromatic heterocycles. The van der Waals surface area contributed by atoms with Crippen molar-refractivity contribution in [2.24, 2.45) is 0 Å². The molecular formula is C12H15FN2O2. The zero-order chi connectivity index (χ0) is 12.3. The molecule has 1 unspecified atom stereocenters. The average molecular weight is 238 g/mol. The Labute approximate surface area is 99.4 Å². The van der Waals surface area contributed by atoms with Gasteiger partial charge in [0, 0.05) is 25.7 Å². The lowest BCUT2D eigenvalue weighted by Gasteiger charge is -2.18. The number of amides is 1. The van der Waals surface area contributed by atoms with Crippen LogP contribution in [0.4, 0.5) is 14.9 Å². The molecule has 0 bridgehead atoms. The van der Waals surface area contributed by atoms with Crippen molar-refractivity contribution in [2.75, 3.05) is 25.0 Å². The Bertz CT molecular complexity index is 394. The topological polar surface area (TPSA) is 41.6 Å². The summed E-state index contributed by atoms with van der Waals surface area (Å²) in [5.74, 6) is -0.244. The first kappa shape index (κ1) is 11.7. The summed E-state index contributed by atoms with van der Waals surface area (Å²) >= 11 is 0. The maximum absolute atomic E-state index is 12.8. The third kappa shape index (κ3) is 2.87. The van der Waals surface area contributed by atoms with Crippen molar-refractivity contribution in [3.05, 3.63) is 30.1 Å². The lowest BCUT2D eigenvalue weighted by molar-refractivity contribution is 0.110. The molecule has 0 aliphatic carbocycles. The number of benzene rings is 1. The number of alkyl carbamates (subject to hydrolysis) is 1. The van der Waals surface area contributed by atoms with Crippen LogP contribution in [0.5, 0.6) is 0 Å². The molecule has 1 heterocycles. The van der Waals surface area contributed by atoms with Crippen LogP contribution in [-0.4, -0.2) is 32.3 Å². The van der Waals surface area contributed by atoms with Crippen LogP contribution in [0, 0.1) is 5.82 Å². The lowest BCUT2D eigenvalue weighted by Crippen LogP contribution is -2.28. The van der Waals surface area contributed by atoms with Crippen LogP contribution >= 0.6 is 0 Å². The highest BCUT2D eigenvalue weighted by atomic mass is 19.1. The summed E-state index contributed by atoms with van der Waals surface area (Å²) in [6.07, 6.45) is 0.293. The summed E-state index contributed by atoms with van der Waals surface area (Å²) in [5, 5.41) is 2.42. The second kappa shape index (κ2) is 5.03. The van der Waals surface area contributed by atoms with Gasteiger partial charge in [-0.05, 0) is 24.3 Å². The number of hydrogen-bond donors (Lipinski definition) is 1. The van der Waals surface area contributed by atoms with Crippen LogP contribution in [0.3, 0.4) is 0 Å². The molecule has 4 nitrogen and oxygen atoms in total. The molecule has 0 saturated carbocycles. The molecule has 1 saturated heterocycles. The van der Waals surface area contributed by atoms with E-state index in [0.717, 1.165) is 18.7 Å². The third-order valence-electron chi connectivity index (χ3n) is 2.81. The van der Waals surface area contributed by atoms with E-state index in [1.165, 1.54) is 19.2 Å². The molecule has 17 heavy (non-hydrogen) atoms. The highest BCUT2D eigenvalue weighted by Crippen LogP contribution is 2.21. The van der Waals surface area contributed by atoms with Gasteiger partial charge in [-0.2, -0.15) is 0 Å². The Morgan fingerprint density at radius 2 is 2.18 bits per heavy atom. The van der Waals surface area contributed by atoms with E-state index >= 15 is 0 Å². The molecule has 0 radical (unpaired) electrons. The number of rotatable bonds is 2. The molecule has 1 aromatic rings. The SMILES string of the molecule is CNC(=O)OC1CCN(c2ccc(F)cc2)C1. The van der Waals surface area contributed by atoms with Crippen LogP contribution in [0.2, 0.25) is 0 Å². The first-order valence-corrected chi connectivity index (χ1v) is 5.58. The van der Waals surface area contributed by atoms with Gasteiger partial charge in [-0.25, -0.2) is 9.18 Å². The molecule has 0 spiro atoms. The molecule has 92 valence electrons. The van der Waals surface area contributed by atoms with Gasteiger partial charge < -0.3 is 15.0 Å². The van der Waals surface area contributed by atoms with E-state index in [4.69, 9.17) is 4.74 Å². The second-order valence-electron chi connectivity index (χ2n) is 3.99. The van der Waals surface area contributed by atoms with Gasteiger partial charge in [0.05, 0.1) is 6.54 Å². The van der Waals surface area contributed by atoms with Crippen molar-refractivity contribution in [1.82, 2.24) is 5.32 Å². The molecule has 1 atom stereocenters. The highest BCUT2D eigenvalue weighted by molar-refractivity contribution is 5.67. The number of carbonyl (C=O) groups is 1. The normalized spacial score (nSPS) is 19.2. The summed E-state index contributed by atoms with van der Waals surface area (Å²) < 4.78 is 17.9. The number of hydrogen-bond acceptors (Lipinski definition) is 3. The van der Waals surface area contributed by atoms with Gasteiger partial charge in [0.25, 0.3) is 0 Å². The Balaban J connectivity index is 1.93. The Kier molecular flexibility index (Phi) is 3.46. The van der Waals surface area contributed by atoms with E-state index in [1.54, 1.807) is 12.1 Å². The number of nitrogens with zero attached hydrogens (tertiary/aromatic N) is 1. The van der Waals surface area contributed by atoms with Crippen molar-refractivity contribution in [3.8, 4) is 0 Å². The smallest absolute Gasteiger partial charge is 0.407 e. The lowest BCUT2D eigenvalue weighted by atomic mass is 10.3. The van der Waals surface area contributed by atoms with E-state index in [0.29, 0.717) is 6.54 Å². The van der Waals surface area contributed by atoms with Crippen molar-refractivity contribution in [3.63, 3.8) is 0 Å². The number of carbonyl (C=O) groups excluding carboxylic acids is 1. The van der Waals surface area contributed by atoms with Gasteiger partial charge in [-0.15, -0.1) is 0 Å². The molecular weight excluding hydrogens is 223 g/mol. The van der Waals surface area contributed by atoms with Crippen LogP contribution in [-0.2, 0) is 4.74 Å². The van der Waals surface area contributed by atoms with E-state index in [2.05, 4.69) is 10.2 Å². The number of halogens is 1. The van der Waals surface area contributed by atoms with Crippen LogP contribution < -0.4 is 10.2 Å². The quantitative estimate of drug-likeness (QED) is 0.853. The van der Waals surface area contributed by atoms with Gasteiger partial charge >= 0.3 is 6.09 Å². The van der Waals surface area contributed by atoms with Gasteiger partial charge in [-0.1, -0.05) is 0 Å². The maximum Gasteiger partial charge on any atom is 0.407 e. The molecule has 1 aromatic carbocycles. The fourth-order valence-electron chi connectivity index (χ4n) is 1.92. The molecule has 1 aliphatic heterocycles.